The van der Waals surface area contributed by atoms with Gasteiger partial charge in [-0.05, 0) is 36.4 Å². The number of nitrogens with one attached hydrogen (secondary N) is 1. The van der Waals surface area contributed by atoms with Gasteiger partial charge in [0.25, 0.3) is 0 Å². The Morgan fingerprint density at radius 1 is 0.480 bits per heavy atom. The van der Waals surface area contributed by atoms with Crippen LogP contribution in [0.15, 0.2) is 103 Å². The first-order valence-electron chi connectivity index (χ1n) is 7.99. The van der Waals surface area contributed by atoms with E-state index in [4.69, 9.17) is 9.97 Å². The third kappa shape index (κ3) is 4.97. The van der Waals surface area contributed by atoms with Crippen LogP contribution in [0.3, 0.4) is 0 Å². The first-order valence-corrected chi connectivity index (χ1v) is 7.99. The summed E-state index contributed by atoms with van der Waals surface area (Å²) < 4.78 is 0. The topological polar surface area (TPSA) is 54.5 Å². The highest BCUT2D eigenvalue weighted by Gasteiger charge is 1.97. The second-order valence-electron chi connectivity index (χ2n) is 5.12. The van der Waals surface area contributed by atoms with Gasteiger partial charge in [0, 0.05) is 12.4 Å². The van der Waals surface area contributed by atoms with E-state index in [1.165, 1.54) is 0 Å². The van der Waals surface area contributed by atoms with Gasteiger partial charge < -0.3 is 0 Å². The van der Waals surface area contributed by atoms with Crippen LogP contribution in [-0.2, 0) is 0 Å². The number of aromatic nitrogens is 4. The molecule has 0 aliphatic rings. The SMILES string of the molecule is c1ccccc2nc3ccccc3nc2cccccn[nH]ccc1. The molecule has 0 saturated heterocycles. The van der Waals surface area contributed by atoms with Crippen LogP contribution in [0.2, 0.25) is 0 Å². The van der Waals surface area contributed by atoms with Crippen LogP contribution >= 0.6 is 0 Å². The first-order chi connectivity index (χ1) is 12.4. The molecule has 2 heterocycles. The third-order valence-corrected chi connectivity index (χ3v) is 3.32. The van der Waals surface area contributed by atoms with Crippen molar-refractivity contribution in [3.8, 4) is 0 Å². The summed E-state index contributed by atoms with van der Waals surface area (Å²) in [4.78, 5) is 9.42. The van der Waals surface area contributed by atoms with Crippen molar-refractivity contribution in [3.63, 3.8) is 0 Å². The Labute approximate surface area is 146 Å². The molecule has 1 aromatic carbocycles. The maximum absolute atomic E-state index is 4.71. The fourth-order valence-corrected chi connectivity index (χ4v) is 2.16. The Kier molecular flexibility index (Phi) is 5.84. The van der Waals surface area contributed by atoms with Gasteiger partial charge in [-0.2, -0.15) is 5.10 Å². The van der Waals surface area contributed by atoms with E-state index in [0.717, 1.165) is 22.1 Å². The molecular formula is C21H18N4. The summed E-state index contributed by atoms with van der Waals surface area (Å²) in [7, 11) is 0. The number of hydrogen-bond acceptors (Lipinski definition) is 3. The van der Waals surface area contributed by atoms with Gasteiger partial charge >= 0.3 is 0 Å². The molecule has 1 N–H and O–H groups in total. The van der Waals surface area contributed by atoms with E-state index in [2.05, 4.69) is 10.2 Å². The molecular weight excluding hydrogens is 308 g/mol. The molecule has 0 bridgehead atoms. The highest BCUT2D eigenvalue weighted by molar-refractivity contribution is 5.85. The number of para-hydroxylation sites is 2. The second kappa shape index (κ2) is 8.93. The fourth-order valence-electron chi connectivity index (χ4n) is 2.16. The zero-order valence-corrected chi connectivity index (χ0v) is 13.7. The van der Waals surface area contributed by atoms with Crippen molar-refractivity contribution in [3.05, 3.63) is 103 Å². The van der Waals surface area contributed by atoms with E-state index in [1.807, 2.05) is 91.0 Å². The molecule has 0 aliphatic heterocycles. The molecule has 2 aromatic heterocycles. The normalized spacial score (nSPS) is 9.60. The first kappa shape index (κ1) is 16.3. The molecule has 3 rings (SSSR count). The van der Waals surface area contributed by atoms with E-state index in [-0.39, 0.29) is 0 Å². The Morgan fingerprint density at radius 2 is 0.920 bits per heavy atom. The minimum Gasteiger partial charge on any atom is -0.286 e. The summed E-state index contributed by atoms with van der Waals surface area (Å²) in [5.41, 5.74) is 3.42. The lowest BCUT2D eigenvalue weighted by atomic mass is 10.2. The summed E-state index contributed by atoms with van der Waals surface area (Å²) in [6.07, 6.45) is 3.44. The Hall–Kier alpha value is -3.53. The van der Waals surface area contributed by atoms with Crippen LogP contribution in [0.5, 0.6) is 0 Å². The van der Waals surface area contributed by atoms with Gasteiger partial charge in [-0.1, -0.05) is 54.6 Å². The molecule has 0 radical (unpaired) electrons. The monoisotopic (exact) mass is 326 g/mol. The molecule has 3 aromatic rings. The molecule has 0 amide bonds. The van der Waals surface area contributed by atoms with Crippen LogP contribution < -0.4 is 0 Å². The van der Waals surface area contributed by atoms with Crippen molar-refractivity contribution >= 4 is 22.1 Å². The summed E-state index contributed by atoms with van der Waals surface area (Å²) >= 11 is 0. The smallest absolute Gasteiger partial charge is 0.0894 e. The number of benzene rings is 1. The van der Waals surface area contributed by atoms with Crippen molar-refractivity contribution in [2.24, 2.45) is 0 Å². The number of nitrogens with zero attached hydrogens (tertiary/aromatic N) is 3. The van der Waals surface area contributed by atoms with Crippen molar-refractivity contribution < 1.29 is 0 Å². The number of rotatable bonds is 0. The van der Waals surface area contributed by atoms with Crippen LogP contribution in [0.1, 0.15) is 0 Å². The van der Waals surface area contributed by atoms with Gasteiger partial charge in [0.1, 0.15) is 0 Å². The quantitative estimate of drug-likeness (QED) is 0.640. The summed E-state index contributed by atoms with van der Waals surface area (Å²) in [5.74, 6) is 0. The van der Waals surface area contributed by atoms with Crippen LogP contribution in [0.4, 0.5) is 0 Å². The standard InChI is InChI=1S/C21H18N4/c1-2-4-10-16-22-23-17-11-5-7-13-19-18(12-6-3-1)24-20-14-8-9-15-21(20)25-19/h1-17,22H. The minimum absolute atomic E-state index is 0.824. The number of hydrogen-bond donors (Lipinski definition) is 1. The zero-order valence-electron chi connectivity index (χ0n) is 13.7. The maximum Gasteiger partial charge on any atom is 0.0894 e. The fraction of sp³-hybridized carbons (Fsp3) is 0. The molecule has 122 valence electrons. The van der Waals surface area contributed by atoms with Crippen LogP contribution in [-0.4, -0.2) is 20.2 Å². The molecule has 0 unspecified atom stereocenters. The summed E-state index contributed by atoms with van der Waals surface area (Å²) in [6.45, 7) is 0. The Bertz CT molecular complexity index is 942. The third-order valence-electron chi connectivity index (χ3n) is 3.32. The van der Waals surface area contributed by atoms with Gasteiger partial charge in [-0.15, -0.1) is 0 Å². The molecule has 0 fully saturated rings. The van der Waals surface area contributed by atoms with Crippen molar-refractivity contribution in [1.82, 2.24) is 20.2 Å². The van der Waals surface area contributed by atoms with Crippen LogP contribution in [0, 0.1) is 0 Å². The maximum atomic E-state index is 4.71. The Balaban J connectivity index is 2.23. The minimum atomic E-state index is 0.824. The summed E-state index contributed by atoms with van der Waals surface area (Å²) in [6, 6.07) is 29.0. The lowest BCUT2D eigenvalue weighted by Crippen LogP contribution is -1.84. The predicted molar refractivity (Wildman–Crippen MR) is 102 cm³/mol. The van der Waals surface area contributed by atoms with Crippen LogP contribution in [0.25, 0.3) is 22.1 Å². The van der Waals surface area contributed by atoms with E-state index < -0.39 is 0 Å². The number of aromatic amines is 1. The van der Waals surface area contributed by atoms with E-state index in [1.54, 1.807) is 12.4 Å². The average molecular weight is 326 g/mol. The molecule has 0 atom stereocenters. The lowest BCUT2D eigenvalue weighted by molar-refractivity contribution is 1.05. The highest BCUT2D eigenvalue weighted by atomic mass is 15.1. The Morgan fingerprint density at radius 3 is 1.52 bits per heavy atom. The van der Waals surface area contributed by atoms with E-state index in [9.17, 15) is 0 Å². The highest BCUT2D eigenvalue weighted by Crippen LogP contribution is 2.13. The average Bonchev–Trinajstić information content (AvgIpc) is 2.64. The molecule has 0 saturated carbocycles. The van der Waals surface area contributed by atoms with E-state index in [0.29, 0.717) is 0 Å². The van der Waals surface area contributed by atoms with Gasteiger partial charge in [0.15, 0.2) is 0 Å². The molecule has 25 heavy (non-hydrogen) atoms. The lowest BCUT2D eigenvalue weighted by Gasteiger charge is -1.97. The zero-order chi connectivity index (χ0) is 17.2. The largest absolute Gasteiger partial charge is 0.286 e. The predicted octanol–water partition coefficient (Wildman–Crippen LogP) is 4.88. The van der Waals surface area contributed by atoms with Crippen molar-refractivity contribution in [2.75, 3.05) is 0 Å². The van der Waals surface area contributed by atoms with Gasteiger partial charge in [0.2, 0.25) is 0 Å². The van der Waals surface area contributed by atoms with E-state index >= 15 is 0 Å². The molecule has 0 aliphatic carbocycles. The summed E-state index contributed by atoms with van der Waals surface area (Å²) in [5, 5.41) is 6.85. The molecule has 0 spiro atoms. The molecule has 4 heteroatoms. The van der Waals surface area contributed by atoms with Gasteiger partial charge in [-0.25, -0.2) is 9.97 Å². The second-order valence-corrected chi connectivity index (χ2v) is 5.12. The van der Waals surface area contributed by atoms with Crippen molar-refractivity contribution in [1.29, 1.82) is 0 Å². The molecule has 4 nitrogen and oxygen atoms in total. The van der Waals surface area contributed by atoms with Crippen molar-refractivity contribution in [2.45, 2.75) is 0 Å². The number of fused-ring (bicyclic) bond motifs is 2. The van der Waals surface area contributed by atoms with Gasteiger partial charge in [-0.3, -0.25) is 5.10 Å². The van der Waals surface area contributed by atoms with Gasteiger partial charge in [0.05, 0.1) is 22.1 Å². The number of H-pyrrole nitrogens is 1.